The van der Waals surface area contributed by atoms with Gasteiger partial charge >= 0.3 is 0 Å². The molecule has 0 saturated carbocycles. The lowest BCUT2D eigenvalue weighted by Crippen LogP contribution is -2.00. The summed E-state index contributed by atoms with van der Waals surface area (Å²) in [7, 11) is 0. The Morgan fingerprint density at radius 3 is 1.62 bits per heavy atom. The van der Waals surface area contributed by atoms with Crippen LogP contribution in [-0.4, -0.2) is 14.3 Å². The van der Waals surface area contributed by atoms with Crippen LogP contribution in [0.1, 0.15) is 0 Å². The van der Waals surface area contributed by atoms with Crippen LogP contribution < -0.4 is 0 Å². The van der Waals surface area contributed by atoms with E-state index in [1.807, 2.05) is 6.07 Å². The number of benzene rings is 9. The molecule has 0 amide bonds. The highest BCUT2D eigenvalue weighted by Gasteiger charge is 2.18. The van der Waals surface area contributed by atoms with Crippen molar-refractivity contribution in [3.63, 3.8) is 0 Å². The Bertz CT molecular complexity index is 3260. The predicted molar refractivity (Wildman–Crippen MR) is 243 cm³/mol. The Labute approximate surface area is 337 Å². The average Bonchev–Trinajstić information content (AvgIpc) is 3.90. The van der Waals surface area contributed by atoms with E-state index in [0.717, 1.165) is 39.5 Å². The molecule has 0 aliphatic carbocycles. The molecule has 0 radical (unpaired) electrons. The third-order valence-corrected chi connectivity index (χ3v) is 11.4. The van der Waals surface area contributed by atoms with Gasteiger partial charge in [0.05, 0.1) is 28.1 Å². The minimum Gasteiger partial charge on any atom is -0.309 e. The number of fused-ring (bicyclic) bond motifs is 4. The van der Waals surface area contributed by atoms with Gasteiger partial charge in [0.15, 0.2) is 0 Å². The van der Waals surface area contributed by atoms with Crippen molar-refractivity contribution in [2.75, 3.05) is 0 Å². The molecular weight excluding hydrogens is 703 g/mol. The van der Waals surface area contributed by atoms with Crippen molar-refractivity contribution in [1.29, 1.82) is 0 Å². The summed E-state index contributed by atoms with van der Waals surface area (Å²) in [5.41, 5.74) is 15.9. The highest BCUT2D eigenvalue weighted by atomic mass is 15.3. The molecular formula is C55H37N3. The maximum atomic E-state index is 5.22. The van der Waals surface area contributed by atoms with Gasteiger partial charge in [-0.05, 0) is 92.7 Å². The molecule has 0 aliphatic rings. The maximum absolute atomic E-state index is 5.22. The van der Waals surface area contributed by atoms with Crippen molar-refractivity contribution in [2.45, 2.75) is 0 Å². The zero-order valence-corrected chi connectivity index (χ0v) is 31.7. The molecule has 2 aromatic heterocycles. The van der Waals surface area contributed by atoms with Gasteiger partial charge in [0.1, 0.15) is 0 Å². The van der Waals surface area contributed by atoms with Gasteiger partial charge in [0.2, 0.25) is 0 Å². The topological polar surface area (TPSA) is 22.8 Å². The van der Waals surface area contributed by atoms with Gasteiger partial charge in [-0.1, -0.05) is 176 Å². The van der Waals surface area contributed by atoms with Crippen LogP contribution in [0.4, 0.5) is 0 Å². The van der Waals surface area contributed by atoms with E-state index < -0.39 is 0 Å². The lowest BCUT2D eigenvalue weighted by molar-refractivity contribution is 0.893. The molecule has 0 unspecified atom stereocenters. The summed E-state index contributed by atoms with van der Waals surface area (Å²) < 4.78 is 4.47. The van der Waals surface area contributed by atoms with E-state index in [1.165, 1.54) is 60.4 Å². The van der Waals surface area contributed by atoms with Crippen molar-refractivity contribution in [1.82, 2.24) is 14.3 Å². The third kappa shape index (κ3) is 5.72. The molecule has 0 bridgehead atoms. The minimum atomic E-state index is 0.942. The molecule has 58 heavy (non-hydrogen) atoms. The van der Waals surface area contributed by atoms with Crippen LogP contribution >= 0.6 is 0 Å². The molecule has 11 rings (SSSR count). The molecule has 11 aromatic rings. The van der Waals surface area contributed by atoms with Crippen LogP contribution in [0.5, 0.6) is 0 Å². The van der Waals surface area contributed by atoms with Crippen molar-refractivity contribution >= 4 is 32.6 Å². The average molecular weight is 740 g/mol. The zero-order chi connectivity index (χ0) is 38.4. The van der Waals surface area contributed by atoms with Crippen molar-refractivity contribution in [3.05, 3.63) is 224 Å². The third-order valence-electron chi connectivity index (χ3n) is 11.4. The summed E-state index contributed by atoms with van der Waals surface area (Å²) in [6.07, 6.45) is 0. The Balaban J connectivity index is 1.01. The molecule has 0 aliphatic heterocycles. The number of rotatable bonds is 7. The molecule has 0 spiro atoms. The number of hydrogen-bond donors (Lipinski definition) is 0. The van der Waals surface area contributed by atoms with Gasteiger partial charge in [0, 0.05) is 27.6 Å². The summed E-state index contributed by atoms with van der Waals surface area (Å²) >= 11 is 0. The smallest absolute Gasteiger partial charge is 0.0934 e. The van der Waals surface area contributed by atoms with E-state index in [2.05, 4.69) is 228 Å². The first-order valence-corrected chi connectivity index (χ1v) is 19.8. The van der Waals surface area contributed by atoms with Gasteiger partial charge in [-0.25, -0.2) is 4.68 Å². The molecule has 3 heteroatoms. The maximum Gasteiger partial charge on any atom is 0.0934 e. The number of para-hydroxylation sites is 2. The Morgan fingerprint density at radius 1 is 0.310 bits per heavy atom. The molecule has 0 fully saturated rings. The van der Waals surface area contributed by atoms with Crippen LogP contribution in [0.15, 0.2) is 224 Å². The van der Waals surface area contributed by atoms with Crippen molar-refractivity contribution in [3.8, 4) is 67.3 Å². The highest BCUT2D eigenvalue weighted by Crippen LogP contribution is 2.41. The Kier molecular flexibility index (Phi) is 8.15. The lowest BCUT2D eigenvalue weighted by Gasteiger charge is -2.16. The van der Waals surface area contributed by atoms with Crippen molar-refractivity contribution < 1.29 is 0 Å². The summed E-state index contributed by atoms with van der Waals surface area (Å²) in [6.45, 7) is 0. The van der Waals surface area contributed by atoms with Crippen LogP contribution in [0, 0.1) is 0 Å². The van der Waals surface area contributed by atoms with Gasteiger partial charge in [-0.15, -0.1) is 0 Å². The minimum absolute atomic E-state index is 0.942. The van der Waals surface area contributed by atoms with E-state index in [4.69, 9.17) is 5.10 Å². The number of nitrogens with zero attached hydrogens (tertiary/aromatic N) is 3. The van der Waals surface area contributed by atoms with Crippen molar-refractivity contribution in [2.24, 2.45) is 0 Å². The largest absolute Gasteiger partial charge is 0.309 e. The van der Waals surface area contributed by atoms with Crippen LogP contribution in [0.3, 0.4) is 0 Å². The van der Waals surface area contributed by atoms with Crippen LogP contribution in [0.2, 0.25) is 0 Å². The molecule has 2 heterocycles. The Hall–Kier alpha value is -7.75. The molecule has 9 aromatic carbocycles. The second kappa shape index (κ2) is 14.1. The van der Waals surface area contributed by atoms with Gasteiger partial charge in [-0.3, -0.25) is 0 Å². The highest BCUT2D eigenvalue weighted by molar-refractivity contribution is 6.11. The summed E-state index contributed by atoms with van der Waals surface area (Å²) in [6, 6.07) is 80.5. The fourth-order valence-electron chi connectivity index (χ4n) is 8.69. The first kappa shape index (κ1) is 33.6. The fourth-order valence-corrected chi connectivity index (χ4v) is 8.69. The van der Waals surface area contributed by atoms with Gasteiger partial charge in [-0.2, -0.15) is 5.10 Å². The molecule has 0 N–H and O–H groups in total. The second-order valence-corrected chi connectivity index (χ2v) is 14.8. The van der Waals surface area contributed by atoms with Gasteiger partial charge < -0.3 is 4.57 Å². The standard InChI is InChI=1S/C55H37N3/c1-3-17-40(18-4-1)52-37-55(49-28-15-19-38-16-7-8-23-45(38)49)58(56-52)43-33-30-39(31-34-43)44-22-9-11-25-47(44)48-26-12-10-24-46(48)41-32-35-54-51(36-41)50-27-13-14-29-53(50)57(54)42-20-5-2-6-21-42/h1-37H. The molecule has 0 saturated heterocycles. The molecule has 0 atom stereocenters. The summed E-state index contributed by atoms with van der Waals surface area (Å²) in [5, 5.41) is 10.1. The lowest BCUT2D eigenvalue weighted by atomic mass is 9.89. The SMILES string of the molecule is c1ccc(-c2cc(-c3cccc4ccccc34)n(-c3ccc(-c4ccccc4-c4ccccc4-c4ccc5c(c4)c4ccccc4n5-c4ccccc4)cc3)n2)cc1. The van der Waals surface area contributed by atoms with E-state index in [9.17, 15) is 0 Å². The quantitative estimate of drug-likeness (QED) is 0.160. The first-order valence-electron chi connectivity index (χ1n) is 19.8. The monoisotopic (exact) mass is 739 g/mol. The van der Waals surface area contributed by atoms with E-state index in [-0.39, 0.29) is 0 Å². The van der Waals surface area contributed by atoms with E-state index in [1.54, 1.807) is 0 Å². The zero-order valence-electron chi connectivity index (χ0n) is 31.7. The van der Waals surface area contributed by atoms with E-state index >= 15 is 0 Å². The fraction of sp³-hybridized carbons (Fsp3) is 0. The van der Waals surface area contributed by atoms with E-state index in [0.29, 0.717) is 0 Å². The van der Waals surface area contributed by atoms with Crippen LogP contribution in [-0.2, 0) is 0 Å². The summed E-state index contributed by atoms with van der Waals surface area (Å²) in [4.78, 5) is 0. The summed E-state index contributed by atoms with van der Waals surface area (Å²) in [5.74, 6) is 0. The van der Waals surface area contributed by atoms with Gasteiger partial charge in [0.25, 0.3) is 0 Å². The second-order valence-electron chi connectivity index (χ2n) is 14.8. The number of hydrogen-bond acceptors (Lipinski definition) is 1. The number of aromatic nitrogens is 3. The molecule has 3 nitrogen and oxygen atoms in total. The molecule has 272 valence electrons. The first-order chi connectivity index (χ1) is 28.8. The van der Waals surface area contributed by atoms with Crippen LogP contribution in [0.25, 0.3) is 99.8 Å². The Morgan fingerprint density at radius 2 is 0.862 bits per heavy atom. The normalized spacial score (nSPS) is 11.4. The predicted octanol–water partition coefficient (Wildman–Crippen LogP) is 14.5.